The molecule has 2 aliphatic rings. The Hall–Kier alpha value is -0.730. The third kappa shape index (κ3) is 1.86. The maximum Gasteiger partial charge on any atom is 0.0225 e. The van der Waals surface area contributed by atoms with E-state index in [2.05, 4.69) is 30.4 Å². The van der Waals surface area contributed by atoms with Crippen molar-refractivity contribution in [3.63, 3.8) is 0 Å². The lowest BCUT2D eigenvalue weighted by Gasteiger charge is -2.28. The molecule has 2 rings (SSSR count). The second kappa shape index (κ2) is 4.20. The summed E-state index contributed by atoms with van der Waals surface area (Å²) in [7, 11) is 0. The quantitative estimate of drug-likeness (QED) is 0.526. The standard InChI is InChI=1S/C12H15NS/c13-11-7-3-1-5-9(11)10-6-2-4-8-12(10)14/h1-4,6,9,11H,5,7-8,13H2/t9-,11+/m0/s1. The summed E-state index contributed by atoms with van der Waals surface area (Å²) in [4.78, 5) is 1.07. The third-order valence-electron chi connectivity index (χ3n) is 2.92. The van der Waals surface area contributed by atoms with Gasteiger partial charge in [0.1, 0.15) is 0 Å². The number of allylic oxidation sites excluding steroid dienone is 4. The molecule has 0 unspecified atom stereocenters. The third-order valence-corrected chi connectivity index (χ3v) is 3.32. The van der Waals surface area contributed by atoms with Crippen LogP contribution in [0.1, 0.15) is 19.3 Å². The maximum absolute atomic E-state index is 6.10. The molecule has 0 aromatic heterocycles. The Labute approximate surface area is 90.4 Å². The minimum Gasteiger partial charge on any atom is -0.327 e. The van der Waals surface area contributed by atoms with E-state index < -0.39 is 0 Å². The van der Waals surface area contributed by atoms with Crippen LogP contribution in [0.2, 0.25) is 0 Å². The lowest BCUT2D eigenvalue weighted by atomic mass is 9.80. The predicted octanol–water partition coefficient (Wildman–Crippen LogP) is 2.54. The number of hydrogen-bond donors (Lipinski definition) is 1. The van der Waals surface area contributed by atoms with E-state index in [9.17, 15) is 0 Å². The highest BCUT2D eigenvalue weighted by atomic mass is 32.1. The van der Waals surface area contributed by atoms with Crippen LogP contribution in [0.15, 0.2) is 36.0 Å². The second-order valence-electron chi connectivity index (χ2n) is 3.89. The molecule has 2 N–H and O–H groups in total. The molecule has 0 saturated carbocycles. The lowest BCUT2D eigenvalue weighted by molar-refractivity contribution is 0.480. The highest BCUT2D eigenvalue weighted by molar-refractivity contribution is 7.80. The predicted molar refractivity (Wildman–Crippen MR) is 64.3 cm³/mol. The van der Waals surface area contributed by atoms with Gasteiger partial charge in [-0.3, -0.25) is 0 Å². The fourth-order valence-electron chi connectivity index (χ4n) is 2.08. The van der Waals surface area contributed by atoms with E-state index in [4.69, 9.17) is 18.0 Å². The van der Waals surface area contributed by atoms with Gasteiger partial charge in [-0.05, 0) is 18.4 Å². The molecule has 74 valence electrons. The van der Waals surface area contributed by atoms with E-state index in [0.717, 1.165) is 24.1 Å². The molecule has 0 aliphatic heterocycles. The number of thiocarbonyl (C=S) groups is 1. The normalized spacial score (nSPS) is 31.8. The van der Waals surface area contributed by atoms with Gasteiger partial charge < -0.3 is 5.73 Å². The minimum atomic E-state index is 0.246. The molecule has 0 radical (unpaired) electrons. The molecule has 2 heteroatoms. The average Bonchev–Trinajstić information content (AvgIpc) is 2.20. The molecular formula is C12H15NS. The van der Waals surface area contributed by atoms with Crippen LogP contribution in [0, 0.1) is 5.92 Å². The lowest BCUT2D eigenvalue weighted by Crippen LogP contribution is -2.34. The second-order valence-corrected chi connectivity index (χ2v) is 4.38. The van der Waals surface area contributed by atoms with Crippen LogP contribution in [0.25, 0.3) is 0 Å². The highest BCUT2D eigenvalue weighted by Crippen LogP contribution is 2.28. The van der Waals surface area contributed by atoms with Gasteiger partial charge in [0.05, 0.1) is 0 Å². The van der Waals surface area contributed by atoms with E-state index >= 15 is 0 Å². The SMILES string of the molecule is N[C@@H]1CC=CC[C@H]1C1=CC=CCC1=S. The molecule has 0 aromatic rings. The Morgan fingerprint density at radius 1 is 1.21 bits per heavy atom. The molecule has 0 fully saturated rings. The van der Waals surface area contributed by atoms with Crippen molar-refractivity contribution in [3.8, 4) is 0 Å². The Kier molecular flexibility index (Phi) is 2.94. The molecule has 0 aromatic carbocycles. The van der Waals surface area contributed by atoms with Crippen molar-refractivity contribution >= 4 is 17.1 Å². The van der Waals surface area contributed by atoms with Gasteiger partial charge in [-0.15, -0.1) is 0 Å². The number of hydrogen-bond acceptors (Lipinski definition) is 2. The topological polar surface area (TPSA) is 26.0 Å². The summed E-state index contributed by atoms with van der Waals surface area (Å²) in [6, 6.07) is 0.246. The first kappa shape index (κ1) is 9.81. The number of rotatable bonds is 1. The summed E-state index contributed by atoms with van der Waals surface area (Å²) in [5.74, 6) is 0.442. The zero-order chi connectivity index (χ0) is 9.97. The first-order valence-electron chi connectivity index (χ1n) is 5.09. The monoisotopic (exact) mass is 205 g/mol. The Bertz CT molecular complexity index is 325. The van der Waals surface area contributed by atoms with Gasteiger partial charge in [-0.2, -0.15) is 0 Å². The Balaban J connectivity index is 2.21. The van der Waals surface area contributed by atoms with Crippen LogP contribution in [0.5, 0.6) is 0 Å². The molecule has 0 heterocycles. The van der Waals surface area contributed by atoms with Gasteiger partial charge in [0.15, 0.2) is 0 Å². The zero-order valence-electron chi connectivity index (χ0n) is 8.15. The van der Waals surface area contributed by atoms with Gasteiger partial charge in [-0.1, -0.05) is 42.6 Å². The molecule has 0 saturated heterocycles. The molecule has 14 heavy (non-hydrogen) atoms. The molecule has 2 aliphatic carbocycles. The summed E-state index contributed by atoms with van der Waals surface area (Å²) in [6.07, 6.45) is 13.7. The van der Waals surface area contributed by atoms with Crippen LogP contribution in [-0.2, 0) is 0 Å². The van der Waals surface area contributed by atoms with Crippen molar-refractivity contribution in [2.75, 3.05) is 0 Å². The smallest absolute Gasteiger partial charge is 0.0225 e. The van der Waals surface area contributed by atoms with Crippen LogP contribution in [0.3, 0.4) is 0 Å². The first-order chi connectivity index (χ1) is 6.79. The fourth-order valence-corrected chi connectivity index (χ4v) is 2.40. The summed E-state index contributed by atoms with van der Waals surface area (Å²) in [6.45, 7) is 0. The van der Waals surface area contributed by atoms with Gasteiger partial charge in [0.25, 0.3) is 0 Å². The van der Waals surface area contributed by atoms with Crippen molar-refractivity contribution in [3.05, 3.63) is 36.0 Å². The minimum absolute atomic E-state index is 0.246. The van der Waals surface area contributed by atoms with Gasteiger partial charge in [0, 0.05) is 23.2 Å². The van der Waals surface area contributed by atoms with E-state index in [1.54, 1.807) is 0 Å². The molecular weight excluding hydrogens is 190 g/mol. The highest BCUT2D eigenvalue weighted by Gasteiger charge is 2.24. The summed E-state index contributed by atoms with van der Waals surface area (Å²) < 4.78 is 0. The molecule has 0 amide bonds. The first-order valence-corrected chi connectivity index (χ1v) is 5.50. The van der Waals surface area contributed by atoms with Crippen molar-refractivity contribution in [1.29, 1.82) is 0 Å². The molecule has 1 nitrogen and oxygen atoms in total. The Morgan fingerprint density at radius 2 is 2.00 bits per heavy atom. The van der Waals surface area contributed by atoms with Gasteiger partial charge in [-0.25, -0.2) is 0 Å². The van der Waals surface area contributed by atoms with E-state index in [1.165, 1.54) is 5.57 Å². The van der Waals surface area contributed by atoms with E-state index in [0.29, 0.717) is 5.92 Å². The van der Waals surface area contributed by atoms with E-state index in [1.807, 2.05) is 0 Å². The van der Waals surface area contributed by atoms with Crippen LogP contribution >= 0.6 is 12.2 Å². The van der Waals surface area contributed by atoms with Crippen molar-refractivity contribution in [1.82, 2.24) is 0 Å². The average molecular weight is 205 g/mol. The fraction of sp³-hybridized carbons (Fsp3) is 0.417. The van der Waals surface area contributed by atoms with Crippen LogP contribution < -0.4 is 5.73 Å². The van der Waals surface area contributed by atoms with Crippen molar-refractivity contribution in [2.45, 2.75) is 25.3 Å². The van der Waals surface area contributed by atoms with Gasteiger partial charge in [0.2, 0.25) is 0 Å². The van der Waals surface area contributed by atoms with Crippen LogP contribution in [0.4, 0.5) is 0 Å². The number of nitrogens with two attached hydrogens (primary N) is 1. The van der Waals surface area contributed by atoms with Gasteiger partial charge >= 0.3 is 0 Å². The summed E-state index contributed by atoms with van der Waals surface area (Å²) in [5.41, 5.74) is 7.39. The Morgan fingerprint density at radius 3 is 2.71 bits per heavy atom. The zero-order valence-corrected chi connectivity index (χ0v) is 8.96. The summed E-state index contributed by atoms with van der Waals surface area (Å²) >= 11 is 5.36. The van der Waals surface area contributed by atoms with Crippen molar-refractivity contribution < 1.29 is 0 Å². The molecule has 0 spiro atoms. The van der Waals surface area contributed by atoms with Crippen molar-refractivity contribution in [2.24, 2.45) is 11.7 Å². The molecule has 2 atom stereocenters. The molecule has 0 bridgehead atoms. The largest absolute Gasteiger partial charge is 0.327 e. The maximum atomic E-state index is 6.10. The summed E-state index contributed by atoms with van der Waals surface area (Å²) in [5, 5.41) is 0. The van der Waals surface area contributed by atoms with E-state index in [-0.39, 0.29) is 6.04 Å². The van der Waals surface area contributed by atoms with Crippen LogP contribution in [-0.4, -0.2) is 10.9 Å².